The Labute approximate surface area is 75.6 Å². The van der Waals surface area contributed by atoms with Crippen molar-refractivity contribution in [1.29, 1.82) is 0 Å². The van der Waals surface area contributed by atoms with Gasteiger partial charge in [0, 0.05) is 13.1 Å². The average molecular weight is 171 g/mol. The molecule has 1 aliphatic rings. The van der Waals surface area contributed by atoms with E-state index in [9.17, 15) is 5.11 Å². The number of aliphatic hydroxyl groups is 1. The molecule has 0 radical (unpaired) electrons. The van der Waals surface area contributed by atoms with Gasteiger partial charge in [-0.1, -0.05) is 20.8 Å². The molecule has 0 aromatic heterocycles. The predicted molar refractivity (Wildman–Crippen MR) is 51.1 cm³/mol. The molecule has 2 heteroatoms. The van der Waals surface area contributed by atoms with Crippen LogP contribution in [0.25, 0.3) is 0 Å². The van der Waals surface area contributed by atoms with Crippen molar-refractivity contribution in [1.82, 2.24) is 4.90 Å². The van der Waals surface area contributed by atoms with E-state index in [1.165, 1.54) is 0 Å². The van der Waals surface area contributed by atoms with Crippen LogP contribution >= 0.6 is 0 Å². The maximum absolute atomic E-state index is 9.57. The van der Waals surface area contributed by atoms with E-state index in [4.69, 9.17) is 0 Å². The largest absolute Gasteiger partial charge is 0.392 e. The van der Waals surface area contributed by atoms with Gasteiger partial charge in [0.2, 0.25) is 0 Å². The van der Waals surface area contributed by atoms with Gasteiger partial charge < -0.3 is 10.0 Å². The predicted octanol–water partition coefficient (Wildman–Crippen LogP) is 1.35. The van der Waals surface area contributed by atoms with Crippen LogP contribution in [0.2, 0.25) is 0 Å². The van der Waals surface area contributed by atoms with E-state index in [0.29, 0.717) is 11.3 Å². The summed E-state index contributed by atoms with van der Waals surface area (Å²) in [6.07, 6.45) is 0.848. The molecular weight excluding hydrogens is 150 g/mol. The molecule has 2 nitrogen and oxygen atoms in total. The van der Waals surface area contributed by atoms with Crippen molar-refractivity contribution in [3.8, 4) is 0 Å². The van der Waals surface area contributed by atoms with Crippen molar-refractivity contribution < 1.29 is 5.11 Å². The first-order valence-electron chi connectivity index (χ1n) is 4.76. The molecule has 1 unspecified atom stereocenters. The molecule has 72 valence electrons. The number of likely N-dealkylation sites (tertiary alicyclic amines) is 1. The van der Waals surface area contributed by atoms with Crippen LogP contribution in [0.5, 0.6) is 0 Å². The second kappa shape index (κ2) is 3.35. The Morgan fingerprint density at radius 1 is 1.25 bits per heavy atom. The number of β-amino-alcohol motifs (C(OH)–C–C–N with tert-alkyl or cyclic N) is 1. The molecule has 0 aromatic carbocycles. The van der Waals surface area contributed by atoms with E-state index in [1.54, 1.807) is 0 Å². The van der Waals surface area contributed by atoms with Crippen molar-refractivity contribution >= 4 is 0 Å². The number of hydrogen-bond acceptors (Lipinski definition) is 2. The van der Waals surface area contributed by atoms with Gasteiger partial charge in [-0.05, 0) is 24.8 Å². The molecule has 1 rings (SSSR count). The lowest BCUT2D eigenvalue weighted by Crippen LogP contribution is -2.44. The van der Waals surface area contributed by atoms with Crippen LogP contribution in [0.1, 0.15) is 27.2 Å². The molecule has 0 amide bonds. The molecule has 1 saturated heterocycles. The Morgan fingerprint density at radius 2 is 1.83 bits per heavy atom. The summed E-state index contributed by atoms with van der Waals surface area (Å²) >= 11 is 0. The van der Waals surface area contributed by atoms with Crippen LogP contribution in [0, 0.1) is 11.3 Å². The van der Waals surface area contributed by atoms with Gasteiger partial charge >= 0.3 is 0 Å². The third-order valence-corrected chi connectivity index (χ3v) is 2.84. The Kier molecular flexibility index (Phi) is 2.79. The number of hydrogen-bond donors (Lipinski definition) is 1. The molecule has 1 N–H and O–H groups in total. The van der Waals surface area contributed by atoms with Gasteiger partial charge in [-0.2, -0.15) is 0 Å². The molecule has 1 aliphatic heterocycles. The summed E-state index contributed by atoms with van der Waals surface area (Å²) in [5.41, 5.74) is 0.329. The monoisotopic (exact) mass is 171 g/mol. The van der Waals surface area contributed by atoms with Crippen molar-refractivity contribution in [2.45, 2.75) is 33.3 Å². The van der Waals surface area contributed by atoms with Crippen molar-refractivity contribution in [3.63, 3.8) is 0 Å². The van der Waals surface area contributed by atoms with Gasteiger partial charge in [0.15, 0.2) is 0 Å². The standard InChI is InChI=1S/C10H21NO/c1-10(2,3)8-5-9(12)7-11(4)6-8/h8-9,12H,5-7H2,1-4H3/t8?,9-/m0/s1. The van der Waals surface area contributed by atoms with Gasteiger partial charge in [0.25, 0.3) is 0 Å². The molecule has 1 heterocycles. The molecule has 0 aromatic rings. The van der Waals surface area contributed by atoms with E-state index in [0.717, 1.165) is 19.5 Å². The van der Waals surface area contributed by atoms with Crippen molar-refractivity contribution in [2.75, 3.05) is 20.1 Å². The zero-order chi connectivity index (χ0) is 9.35. The normalized spacial score (nSPS) is 33.8. The lowest BCUT2D eigenvalue weighted by molar-refractivity contribution is 0.0157. The highest BCUT2D eigenvalue weighted by Crippen LogP contribution is 2.32. The highest BCUT2D eigenvalue weighted by molar-refractivity contribution is 4.84. The maximum atomic E-state index is 9.57. The minimum absolute atomic E-state index is 0.118. The van der Waals surface area contributed by atoms with Crippen LogP contribution in [-0.4, -0.2) is 36.2 Å². The molecule has 0 bridgehead atoms. The van der Waals surface area contributed by atoms with Crippen molar-refractivity contribution in [3.05, 3.63) is 0 Å². The van der Waals surface area contributed by atoms with E-state index in [1.807, 2.05) is 0 Å². The van der Waals surface area contributed by atoms with Crippen LogP contribution in [0.4, 0.5) is 0 Å². The topological polar surface area (TPSA) is 23.5 Å². The van der Waals surface area contributed by atoms with Gasteiger partial charge in [-0.25, -0.2) is 0 Å². The first kappa shape index (κ1) is 10.0. The maximum Gasteiger partial charge on any atom is 0.0670 e. The fourth-order valence-corrected chi connectivity index (χ4v) is 1.92. The summed E-state index contributed by atoms with van der Waals surface area (Å²) in [5, 5.41) is 9.57. The Bertz CT molecular complexity index is 140. The van der Waals surface area contributed by atoms with Gasteiger partial charge in [-0.3, -0.25) is 0 Å². The smallest absolute Gasteiger partial charge is 0.0670 e. The summed E-state index contributed by atoms with van der Waals surface area (Å²) in [6, 6.07) is 0. The number of nitrogens with zero attached hydrogens (tertiary/aromatic N) is 1. The Morgan fingerprint density at radius 3 is 2.25 bits per heavy atom. The number of rotatable bonds is 0. The average Bonchev–Trinajstić information content (AvgIpc) is 1.82. The van der Waals surface area contributed by atoms with E-state index >= 15 is 0 Å². The van der Waals surface area contributed by atoms with Crippen LogP contribution in [0.3, 0.4) is 0 Å². The third-order valence-electron chi connectivity index (χ3n) is 2.84. The zero-order valence-corrected chi connectivity index (χ0v) is 8.67. The van der Waals surface area contributed by atoms with Gasteiger partial charge in [-0.15, -0.1) is 0 Å². The van der Waals surface area contributed by atoms with Crippen LogP contribution in [-0.2, 0) is 0 Å². The summed E-state index contributed by atoms with van der Waals surface area (Å²) in [4.78, 5) is 2.23. The summed E-state index contributed by atoms with van der Waals surface area (Å²) in [6.45, 7) is 8.73. The second-order valence-electron chi connectivity index (χ2n) is 5.17. The highest BCUT2D eigenvalue weighted by Gasteiger charge is 2.31. The SMILES string of the molecule is CN1CC(C(C)(C)C)C[C@H](O)C1. The fourth-order valence-electron chi connectivity index (χ4n) is 1.92. The first-order chi connectivity index (χ1) is 5.39. The quantitative estimate of drug-likeness (QED) is 0.594. The van der Waals surface area contributed by atoms with Crippen molar-refractivity contribution in [2.24, 2.45) is 11.3 Å². The fraction of sp³-hybridized carbons (Fsp3) is 1.00. The molecule has 2 atom stereocenters. The molecule has 0 aliphatic carbocycles. The highest BCUT2D eigenvalue weighted by atomic mass is 16.3. The minimum atomic E-state index is -0.118. The Balaban J connectivity index is 2.55. The van der Waals surface area contributed by atoms with E-state index in [2.05, 4.69) is 32.7 Å². The molecular formula is C10H21NO. The first-order valence-corrected chi connectivity index (χ1v) is 4.76. The van der Waals surface area contributed by atoms with Crippen LogP contribution < -0.4 is 0 Å². The van der Waals surface area contributed by atoms with Gasteiger partial charge in [0.05, 0.1) is 6.10 Å². The number of piperidine rings is 1. The summed E-state index contributed by atoms with van der Waals surface area (Å²) in [7, 11) is 2.08. The molecule has 12 heavy (non-hydrogen) atoms. The lowest BCUT2D eigenvalue weighted by Gasteiger charge is -2.40. The third kappa shape index (κ3) is 2.46. The molecule has 0 saturated carbocycles. The summed E-state index contributed by atoms with van der Waals surface area (Å²) in [5.74, 6) is 0.631. The molecule has 1 fully saturated rings. The molecule has 0 spiro atoms. The second-order valence-corrected chi connectivity index (χ2v) is 5.17. The number of aliphatic hydroxyl groups excluding tert-OH is 1. The summed E-state index contributed by atoms with van der Waals surface area (Å²) < 4.78 is 0. The Hall–Kier alpha value is -0.0800. The van der Waals surface area contributed by atoms with Gasteiger partial charge in [0.1, 0.15) is 0 Å². The van der Waals surface area contributed by atoms with E-state index < -0.39 is 0 Å². The zero-order valence-electron chi connectivity index (χ0n) is 8.67. The van der Waals surface area contributed by atoms with Crippen LogP contribution in [0.15, 0.2) is 0 Å². The van der Waals surface area contributed by atoms with E-state index in [-0.39, 0.29) is 6.10 Å². The lowest BCUT2D eigenvalue weighted by atomic mass is 9.75. The minimum Gasteiger partial charge on any atom is -0.392 e. The number of likely N-dealkylation sites (N-methyl/N-ethyl adjacent to an activating group) is 1.